The van der Waals surface area contributed by atoms with Crippen molar-refractivity contribution in [2.24, 2.45) is 5.92 Å². The number of carbonyl (C=O) groups is 2. The predicted octanol–water partition coefficient (Wildman–Crippen LogP) is 2.51. The molecular formula is C14H17NO2S. The van der Waals surface area contributed by atoms with Crippen LogP contribution in [0.5, 0.6) is 0 Å². The van der Waals surface area contributed by atoms with Crippen LogP contribution in [0.4, 0.5) is 0 Å². The second kappa shape index (κ2) is 6.05. The summed E-state index contributed by atoms with van der Waals surface area (Å²) < 4.78 is 0. The third-order valence-electron chi connectivity index (χ3n) is 2.90. The number of Topliss-reactive ketones (excluding diaryl/α,β-unsaturated/α-hetero) is 1. The van der Waals surface area contributed by atoms with Crippen LogP contribution >= 0.6 is 11.8 Å². The van der Waals surface area contributed by atoms with Gasteiger partial charge < -0.3 is 5.32 Å². The molecule has 0 spiro atoms. The number of ketones is 1. The van der Waals surface area contributed by atoms with Crippen LogP contribution in [0.3, 0.4) is 0 Å². The predicted molar refractivity (Wildman–Crippen MR) is 72.9 cm³/mol. The molecule has 18 heavy (non-hydrogen) atoms. The number of carbonyl (C=O) groups excluding carboxylic acids is 2. The molecule has 0 radical (unpaired) electrons. The molecule has 0 unspecified atom stereocenters. The smallest absolute Gasteiger partial charge is 0.230 e. The number of thioether (sulfide) groups is 1. The van der Waals surface area contributed by atoms with Crippen LogP contribution in [0.2, 0.25) is 0 Å². The van der Waals surface area contributed by atoms with Crippen LogP contribution in [0.1, 0.15) is 30.1 Å². The number of rotatable bonds is 6. The molecule has 1 N–H and O–H groups in total. The summed E-state index contributed by atoms with van der Waals surface area (Å²) in [5, 5.41) is 2.93. The van der Waals surface area contributed by atoms with Crippen molar-refractivity contribution in [1.29, 1.82) is 0 Å². The van der Waals surface area contributed by atoms with Crippen LogP contribution < -0.4 is 5.32 Å². The highest BCUT2D eigenvalue weighted by atomic mass is 32.2. The minimum atomic E-state index is 0.0515. The first-order valence-corrected chi connectivity index (χ1v) is 7.14. The van der Waals surface area contributed by atoms with E-state index in [9.17, 15) is 9.59 Å². The molecule has 1 aliphatic rings. The lowest BCUT2D eigenvalue weighted by Gasteiger charge is -2.05. The first-order chi connectivity index (χ1) is 8.65. The van der Waals surface area contributed by atoms with E-state index in [-0.39, 0.29) is 11.7 Å². The number of amides is 1. The van der Waals surface area contributed by atoms with Gasteiger partial charge in [-0.05, 0) is 37.8 Å². The van der Waals surface area contributed by atoms with Crippen molar-refractivity contribution in [1.82, 2.24) is 5.32 Å². The van der Waals surface area contributed by atoms with E-state index >= 15 is 0 Å². The Morgan fingerprint density at radius 2 is 2.17 bits per heavy atom. The van der Waals surface area contributed by atoms with Crippen molar-refractivity contribution < 1.29 is 9.59 Å². The fourth-order valence-electron chi connectivity index (χ4n) is 1.58. The molecule has 0 aliphatic heterocycles. The standard InChI is InChI=1S/C14H17NO2S/c1-10(16)12-3-2-4-13(7-12)18-9-14(17)15-8-11-5-6-11/h2-4,7,11H,5-6,8-9H2,1H3,(H,15,17). The molecule has 0 bridgehead atoms. The van der Waals surface area contributed by atoms with Crippen LogP contribution in [0.15, 0.2) is 29.2 Å². The van der Waals surface area contributed by atoms with E-state index in [1.807, 2.05) is 18.2 Å². The summed E-state index contributed by atoms with van der Waals surface area (Å²) in [6, 6.07) is 7.40. The maximum Gasteiger partial charge on any atom is 0.230 e. The van der Waals surface area contributed by atoms with Gasteiger partial charge in [-0.3, -0.25) is 9.59 Å². The van der Waals surface area contributed by atoms with E-state index < -0.39 is 0 Å². The first-order valence-electron chi connectivity index (χ1n) is 6.15. The lowest BCUT2D eigenvalue weighted by atomic mass is 10.2. The fraction of sp³-hybridized carbons (Fsp3) is 0.429. The van der Waals surface area contributed by atoms with Gasteiger partial charge in [-0.1, -0.05) is 12.1 Å². The number of hydrogen-bond acceptors (Lipinski definition) is 3. The lowest BCUT2D eigenvalue weighted by Crippen LogP contribution is -2.27. The highest BCUT2D eigenvalue weighted by Crippen LogP contribution is 2.27. The molecule has 0 saturated heterocycles. The quantitative estimate of drug-likeness (QED) is 0.633. The Morgan fingerprint density at radius 3 is 2.83 bits per heavy atom. The van der Waals surface area contributed by atoms with Crippen molar-refractivity contribution in [2.45, 2.75) is 24.7 Å². The summed E-state index contributed by atoms with van der Waals surface area (Å²) in [7, 11) is 0. The topological polar surface area (TPSA) is 46.2 Å². The van der Waals surface area contributed by atoms with Crippen molar-refractivity contribution in [2.75, 3.05) is 12.3 Å². The average molecular weight is 263 g/mol. The Bertz CT molecular complexity index is 455. The molecule has 2 rings (SSSR count). The zero-order valence-corrected chi connectivity index (χ0v) is 11.3. The van der Waals surface area contributed by atoms with E-state index in [2.05, 4.69) is 5.32 Å². The molecule has 4 heteroatoms. The molecule has 0 heterocycles. The summed E-state index contributed by atoms with van der Waals surface area (Å²) in [4.78, 5) is 23.8. The monoisotopic (exact) mass is 263 g/mol. The third-order valence-corrected chi connectivity index (χ3v) is 3.89. The lowest BCUT2D eigenvalue weighted by molar-refractivity contribution is -0.118. The Kier molecular flexibility index (Phi) is 4.42. The fourth-order valence-corrected chi connectivity index (χ4v) is 2.37. The van der Waals surface area contributed by atoms with Gasteiger partial charge in [0.25, 0.3) is 0 Å². The second-order valence-electron chi connectivity index (χ2n) is 4.62. The first kappa shape index (κ1) is 13.1. The SMILES string of the molecule is CC(=O)c1cccc(SCC(=O)NCC2CC2)c1. The summed E-state index contributed by atoms with van der Waals surface area (Å²) in [6.45, 7) is 2.36. The molecule has 1 fully saturated rings. The van der Waals surface area contributed by atoms with Gasteiger partial charge in [0.15, 0.2) is 5.78 Å². The largest absolute Gasteiger partial charge is 0.355 e. The molecule has 1 saturated carbocycles. The van der Waals surface area contributed by atoms with Gasteiger partial charge in [-0.2, -0.15) is 0 Å². The molecule has 3 nitrogen and oxygen atoms in total. The van der Waals surface area contributed by atoms with E-state index in [1.54, 1.807) is 13.0 Å². The third kappa shape index (κ3) is 4.18. The van der Waals surface area contributed by atoms with Crippen molar-refractivity contribution in [3.05, 3.63) is 29.8 Å². The van der Waals surface area contributed by atoms with E-state index in [1.165, 1.54) is 24.6 Å². The maximum absolute atomic E-state index is 11.6. The van der Waals surface area contributed by atoms with Gasteiger partial charge in [-0.15, -0.1) is 11.8 Å². The zero-order chi connectivity index (χ0) is 13.0. The molecular weight excluding hydrogens is 246 g/mol. The zero-order valence-electron chi connectivity index (χ0n) is 10.4. The van der Waals surface area contributed by atoms with Crippen molar-refractivity contribution >= 4 is 23.5 Å². The summed E-state index contributed by atoms with van der Waals surface area (Å²) in [5.41, 5.74) is 0.693. The molecule has 0 aromatic heterocycles. The maximum atomic E-state index is 11.6. The summed E-state index contributed by atoms with van der Waals surface area (Å²) in [5.74, 6) is 1.24. The average Bonchev–Trinajstić information content (AvgIpc) is 3.18. The van der Waals surface area contributed by atoms with Gasteiger partial charge in [0.2, 0.25) is 5.91 Å². The minimum Gasteiger partial charge on any atom is -0.355 e. The Morgan fingerprint density at radius 1 is 1.39 bits per heavy atom. The van der Waals surface area contributed by atoms with Crippen LogP contribution in [0, 0.1) is 5.92 Å². The molecule has 1 aromatic rings. The van der Waals surface area contributed by atoms with Gasteiger partial charge in [-0.25, -0.2) is 0 Å². The summed E-state index contributed by atoms with van der Waals surface area (Å²) in [6.07, 6.45) is 2.49. The van der Waals surface area contributed by atoms with Crippen LogP contribution in [0.25, 0.3) is 0 Å². The van der Waals surface area contributed by atoms with Gasteiger partial charge in [0.05, 0.1) is 5.75 Å². The van der Waals surface area contributed by atoms with E-state index in [4.69, 9.17) is 0 Å². The van der Waals surface area contributed by atoms with E-state index in [0.29, 0.717) is 17.2 Å². The highest BCUT2D eigenvalue weighted by molar-refractivity contribution is 8.00. The molecule has 1 aliphatic carbocycles. The molecule has 1 amide bonds. The normalized spacial score (nSPS) is 14.3. The van der Waals surface area contributed by atoms with E-state index in [0.717, 1.165) is 11.4 Å². The van der Waals surface area contributed by atoms with Crippen LogP contribution in [-0.4, -0.2) is 24.0 Å². The van der Waals surface area contributed by atoms with Crippen molar-refractivity contribution in [3.63, 3.8) is 0 Å². The Hall–Kier alpha value is -1.29. The van der Waals surface area contributed by atoms with Crippen molar-refractivity contribution in [3.8, 4) is 0 Å². The number of nitrogens with one attached hydrogen (secondary N) is 1. The van der Waals surface area contributed by atoms with Gasteiger partial charge in [0, 0.05) is 17.0 Å². The molecule has 96 valence electrons. The number of hydrogen-bond donors (Lipinski definition) is 1. The summed E-state index contributed by atoms with van der Waals surface area (Å²) >= 11 is 1.47. The van der Waals surface area contributed by atoms with Gasteiger partial charge >= 0.3 is 0 Å². The van der Waals surface area contributed by atoms with Gasteiger partial charge in [0.1, 0.15) is 0 Å². The highest BCUT2D eigenvalue weighted by Gasteiger charge is 2.21. The minimum absolute atomic E-state index is 0.0515. The second-order valence-corrected chi connectivity index (χ2v) is 5.67. The molecule has 1 aromatic carbocycles. The Labute approximate surface area is 111 Å². The Balaban J connectivity index is 1.79. The number of benzene rings is 1. The molecule has 0 atom stereocenters. The van der Waals surface area contributed by atoms with Crippen LogP contribution in [-0.2, 0) is 4.79 Å².